The number of carboxylic acid groups (broad SMARTS) is 1. The summed E-state index contributed by atoms with van der Waals surface area (Å²) >= 11 is 0. The van der Waals surface area contributed by atoms with Crippen molar-refractivity contribution in [2.24, 2.45) is 5.92 Å². The van der Waals surface area contributed by atoms with E-state index in [1.54, 1.807) is 0 Å². The first-order chi connectivity index (χ1) is 19.1. The van der Waals surface area contributed by atoms with E-state index in [0.29, 0.717) is 19.5 Å². The Morgan fingerprint density at radius 1 is 0.897 bits per heavy atom. The van der Waals surface area contributed by atoms with Crippen LogP contribution in [0.2, 0.25) is 0 Å². The largest absolute Gasteiger partial charge is 0.465 e. The van der Waals surface area contributed by atoms with Gasteiger partial charge in [-0.25, -0.2) is 9.59 Å². The highest BCUT2D eigenvalue weighted by Gasteiger charge is 2.34. The maximum Gasteiger partial charge on any atom is 0.407 e. The molecule has 1 saturated heterocycles. The predicted octanol–water partition coefficient (Wildman–Crippen LogP) is 5.79. The van der Waals surface area contributed by atoms with E-state index in [9.17, 15) is 14.7 Å². The number of fused-ring (bicyclic) bond motifs is 1. The molecule has 3 aromatic carbocycles. The fourth-order valence-electron chi connectivity index (χ4n) is 6.06. The molecule has 0 aliphatic carbocycles. The second-order valence-corrected chi connectivity index (χ2v) is 10.7. The number of likely N-dealkylation sites (tertiary alicyclic amines) is 1. The van der Waals surface area contributed by atoms with Gasteiger partial charge in [-0.3, -0.25) is 9.47 Å². The molecule has 1 aliphatic rings. The lowest BCUT2D eigenvalue weighted by Gasteiger charge is -2.38. The van der Waals surface area contributed by atoms with Crippen molar-refractivity contribution in [2.45, 2.75) is 44.7 Å². The van der Waals surface area contributed by atoms with Gasteiger partial charge < -0.3 is 15.0 Å². The highest BCUT2D eigenvalue weighted by Crippen LogP contribution is 2.33. The molecular formula is C32H38N4O3. The van der Waals surface area contributed by atoms with Gasteiger partial charge in [-0.05, 0) is 74.4 Å². The number of aryl methyl sites for hydroxylation is 1. The molecule has 5 rings (SSSR count). The molecule has 0 spiro atoms. The van der Waals surface area contributed by atoms with Crippen LogP contribution in [0.15, 0.2) is 89.7 Å². The summed E-state index contributed by atoms with van der Waals surface area (Å²) in [4.78, 5) is 31.8. The van der Waals surface area contributed by atoms with Crippen LogP contribution in [0.5, 0.6) is 0 Å². The quantitative estimate of drug-likeness (QED) is 0.259. The van der Waals surface area contributed by atoms with Crippen molar-refractivity contribution in [3.05, 3.63) is 107 Å². The molecular weight excluding hydrogens is 488 g/mol. The lowest BCUT2D eigenvalue weighted by Crippen LogP contribution is -2.45. The number of nitrogens with zero attached hydrogens (tertiary/aromatic N) is 3. The zero-order valence-electron chi connectivity index (χ0n) is 22.4. The Kier molecular flexibility index (Phi) is 8.78. The van der Waals surface area contributed by atoms with E-state index in [0.717, 1.165) is 56.4 Å². The summed E-state index contributed by atoms with van der Waals surface area (Å²) in [6.45, 7) is 3.73. The Morgan fingerprint density at radius 2 is 1.56 bits per heavy atom. The maximum absolute atomic E-state index is 13.0. The number of nitrogens with one attached hydrogen (secondary N) is 1. The number of aromatic amines is 1. The zero-order chi connectivity index (χ0) is 27.0. The van der Waals surface area contributed by atoms with E-state index in [1.807, 2.05) is 34.9 Å². The first-order valence-electron chi connectivity index (χ1n) is 14.1. The summed E-state index contributed by atoms with van der Waals surface area (Å²) in [5.41, 5.74) is 4.28. The van der Waals surface area contributed by atoms with Gasteiger partial charge in [0.05, 0.1) is 11.0 Å². The van der Waals surface area contributed by atoms with Crippen LogP contribution in [0.3, 0.4) is 0 Å². The summed E-state index contributed by atoms with van der Waals surface area (Å²) in [5, 5.41) is 9.71. The first kappa shape index (κ1) is 26.8. The van der Waals surface area contributed by atoms with E-state index in [2.05, 4.69) is 64.5 Å². The third-order valence-electron chi connectivity index (χ3n) is 8.00. The van der Waals surface area contributed by atoms with Crippen molar-refractivity contribution >= 4 is 17.1 Å². The fraction of sp³-hybridized carbons (Fsp3) is 0.375. The van der Waals surface area contributed by atoms with E-state index in [1.165, 1.54) is 16.0 Å². The van der Waals surface area contributed by atoms with Crippen LogP contribution < -0.4 is 5.69 Å². The number of aromatic nitrogens is 2. The topological polar surface area (TPSA) is 81.6 Å². The van der Waals surface area contributed by atoms with Gasteiger partial charge in [-0.2, -0.15) is 0 Å². The van der Waals surface area contributed by atoms with Crippen molar-refractivity contribution in [2.75, 3.05) is 26.2 Å². The average molecular weight is 527 g/mol. The van der Waals surface area contributed by atoms with E-state index in [-0.39, 0.29) is 17.6 Å². The van der Waals surface area contributed by atoms with E-state index >= 15 is 0 Å². The Labute approximate surface area is 229 Å². The van der Waals surface area contributed by atoms with Crippen LogP contribution in [0.25, 0.3) is 11.0 Å². The van der Waals surface area contributed by atoms with E-state index in [4.69, 9.17) is 0 Å². The molecule has 39 heavy (non-hydrogen) atoms. The number of H-pyrrole nitrogens is 1. The van der Waals surface area contributed by atoms with Crippen molar-refractivity contribution in [1.82, 2.24) is 19.4 Å². The summed E-state index contributed by atoms with van der Waals surface area (Å²) < 4.78 is 1.88. The number of rotatable bonds is 11. The Morgan fingerprint density at radius 3 is 2.31 bits per heavy atom. The van der Waals surface area contributed by atoms with Crippen molar-refractivity contribution in [3.8, 4) is 0 Å². The van der Waals surface area contributed by atoms with Crippen LogP contribution in [0.4, 0.5) is 4.79 Å². The molecule has 4 aromatic rings. The second kappa shape index (κ2) is 12.8. The smallest absolute Gasteiger partial charge is 0.407 e. The molecule has 2 N–H and O–H groups in total. The van der Waals surface area contributed by atoms with Crippen LogP contribution >= 0.6 is 0 Å². The monoisotopic (exact) mass is 526 g/mol. The lowest BCUT2D eigenvalue weighted by molar-refractivity contribution is 0.0934. The molecule has 2 atom stereocenters. The highest BCUT2D eigenvalue weighted by atomic mass is 16.4. The number of benzene rings is 3. The van der Waals surface area contributed by atoms with Gasteiger partial charge in [0.2, 0.25) is 0 Å². The average Bonchev–Trinajstić information content (AvgIpc) is 3.29. The SMILES string of the molecule is O=C(O)N1CCC(n2c(=O)[nH]c3ccccc32)C(CCCN(CCCc2ccccc2)Cc2ccccc2)C1. The molecule has 2 heterocycles. The van der Waals surface area contributed by atoms with Crippen LogP contribution in [0, 0.1) is 5.92 Å². The lowest BCUT2D eigenvalue weighted by atomic mass is 9.87. The van der Waals surface area contributed by atoms with Crippen LogP contribution in [-0.4, -0.2) is 56.7 Å². The number of piperidine rings is 1. The number of imidazole rings is 1. The summed E-state index contributed by atoms with van der Waals surface area (Å²) in [6, 6.07) is 28.9. The number of hydrogen-bond acceptors (Lipinski definition) is 3. The van der Waals surface area contributed by atoms with Gasteiger partial charge in [0.15, 0.2) is 0 Å². The molecule has 7 nitrogen and oxygen atoms in total. The van der Waals surface area contributed by atoms with Crippen LogP contribution in [-0.2, 0) is 13.0 Å². The second-order valence-electron chi connectivity index (χ2n) is 10.7. The molecule has 204 valence electrons. The molecule has 0 saturated carbocycles. The number of para-hydroxylation sites is 2. The van der Waals surface area contributed by atoms with Gasteiger partial charge >= 0.3 is 11.8 Å². The van der Waals surface area contributed by atoms with Gasteiger partial charge in [0.1, 0.15) is 0 Å². The minimum Gasteiger partial charge on any atom is -0.465 e. The van der Waals surface area contributed by atoms with Crippen molar-refractivity contribution in [3.63, 3.8) is 0 Å². The molecule has 1 fully saturated rings. The summed E-state index contributed by atoms with van der Waals surface area (Å²) in [7, 11) is 0. The molecule has 7 heteroatoms. The summed E-state index contributed by atoms with van der Waals surface area (Å²) in [5.74, 6) is 0.0784. The molecule has 1 amide bonds. The van der Waals surface area contributed by atoms with E-state index < -0.39 is 6.09 Å². The van der Waals surface area contributed by atoms with Gasteiger partial charge in [-0.15, -0.1) is 0 Å². The zero-order valence-corrected chi connectivity index (χ0v) is 22.4. The maximum atomic E-state index is 13.0. The predicted molar refractivity (Wildman–Crippen MR) is 155 cm³/mol. The molecule has 1 aliphatic heterocycles. The van der Waals surface area contributed by atoms with Crippen molar-refractivity contribution < 1.29 is 9.90 Å². The molecule has 0 radical (unpaired) electrons. The Bertz CT molecular complexity index is 1400. The summed E-state index contributed by atoms with van der Waals surface area (Å²) in [6.07, 6.45) is 3.71. The first-order valence-corrected chi connectivity index (χ1v) is 14.1. The third-order valence-corrected chi connectivity index (χ3v) is 8.00. The van der Waals surface area contributed by atoms with Crippen molar-refractivity contribution in [1.29, 1.82) is 0 Å². The standard InChI is InChI=1S/C32H38N4O3/c37-31-33-28-17-7-8-18-30(28)36(31)29-19-22-35(32(38)39)24-27(29)16-10-21-34(23-26-13-5-2-6-14-26)20-9-15-25-11-3-1-4-12-25/h1-8,11-14,17-18,27,29H,9-10,15-16,19-24H2,(H,33,37)(H,38,39). The highest BCUT2D eigenvalue weighted by molar-refractivity contribution is 5.75. The number of carbonyl (C=O) groups is 1. The third kappa shape index (κ3) is 6.79. The normalized spacial score (nSPS) is 17.6. The number of amides is 1. The fourth-order valence-corrected chi connectivity index (χ4v) is 6.06. The minimum atomic E-state index is -0.878. The molecule has 2 unspecified atom stereocenters. The minimum absolute atomic E-state index is 0.0232. The van der Waals surface area contributed by atoms with Crippen LogP contribution in [0.1, 0.15) is 42.9 Å². The Balaban J connectivity index is 1.27. The van der Waals surface area contributed by atoms with Gasteiger partial charge in [0.25, 0.3) is 0 Å². The molecule has 1 aromatic heterocycles. The van der Waals surface area contributed by atoms with Gasteiger partial charge in [-0.1, -0.05) is 72.8 Å². The number of hydrogen-bond donors (Lipinski definition) is 2. The van der Waals surface area contributed by atoms with Gasteiger partial charge in [0, 0.05) is 25.7 Å². The Hall–Kier alpha value is -3.84. The molecule has 0 bridgehead atoms.